The van der Waals surface area contributed by atoms with Gasteiger partial charge in [-0.05, 0) is 94.5 Å². The van der Waals surface area contributed by atoms with Gasteiger partial charge in [0.25, 0.3) is 0 Å². The van der Waals surface area contributed by atoms with E-state index in [0.29, 0.717) is 5.92 Å². The highest BCUT2D eigenvalue weighted by Crippen LogP contribution is 2.42. The summed E-state index contributed by atoms with van der Waals surface area (Å²) in [6, 6.07) is 31.0. The summed E-state index contributed by atoms with van der Waals surface area (Å²) in [5.41, 5.74) is 13.4. The Kier molecular flexibility index (Phi) is 4.58. The van der Waals surface area contributed by atoms with Crippen molar-refractivity contribution in [3.05, 3.63) is 129 Å². The monoisotopic (exact) mass is 440 g/mol. The average Bonchev–Trinajstić information content (AvgIpc) is 3.26. The summed E-state index contributed by atoms with van der Waals surface area (Å²) in [4.78, 5) is 13.3. The molecule has 0 spiro atoms. The first-order chi connectivity index (χ1) is 16.7. The topological polar surface area (TPSA) is 17.1 Å². The lowest BCUT2D eigenvalue weighted by Gasteiger charge is -2.25. The molecule has 4 aromatic rings. The summed E-state index contributed by atoms with van der Waals surface area (Å²) in [5.74, 6) is 0.873. The Hall–Kier alpha value is -3.45. The molecule has 4 aromatic carbocycles. The van der Waals surface area contributed by atoms with Gasteiger partial charge in [-0.2, -0.15) is 0 Å². The minimum absolute atomic E-state index is 0.0224. The molecule has 0 bridgehead atoms. The molecule has 0 aliphatic heterocycles. The fourth-order valence-corrected chi connectivity index (χ4v) is 6.60. The van der Waals surface area contributed by atoms with Gasteiger partial charge >= 0.3 is 0 Å². The minimum atomic E-state index is -0.0224. The van der Waals surface area contributed by atoms with E-state index in [4.69, 9.17) is 0 Å². The average molecular weight is 441 g/mol. The van der Waals surface area contributed by atoms with Gasteiger partial charge in [0.15, 0.2) is 5.78 Å². The maximum Gasteiger partial charge on any atom is 0.170 e. The zero-order chi connectivity index (χ0) is 22.6. The zero-order valence-corrected chi connectivity index (χ0v) is 19.4. The van der Waals surface area contributed by atoms with E-state index < -0.39 is 0 Å². The predicted molar refractivity (Wildman–Crippen MR) is 138 cm³/mol. The number of hydrogen-bond acceptors (Lipinski definition) is 1. The first-order valence-corrected chi connectivity index (χ1v) is 12.7. The van der Waals surface area contributed by atoms with Crippen LogP contribution in [0.3, 0.4) is 0 Å². The van der Waals surface area contributed by atoms with Crippen LogP contribution in [0, 0.1) is 0 Å². The molecule has 3 aliphatic rings. The van der Waals surface area contributed by atoms with Gasteiger partial charge in [0.05, 0.1) is 0 Å². The molecule has 34 heavy (non-hydrogen) atoms. The van der Waals surface area contributed by atoms with E-state index in [1.54, 1.807) is 0 Å². The maximum absolute atomic E-state index is 13.3. The molecular weight excluding hydrogens is 412 g/mol. The molecule has 1 heteroatoms. The van der Waals surface area contributed by atoms with Gasteiger partial charge in [-0.3, -0.25) is 4.79 Å². The first-order valence-electron chi connectivity index (χ1n) is 12.7. The van der Waals surface area contributed by atoms with Crippen LogP contribution in [0.4, 0.5) is 0 Å². The van der Waals surface area contributed by atoms with Crippen LogP contribution < -0.4 is 0 Å². The largest absolute Gasteiger partial charge is 0.293 e. The molecule has 1 nitrogen and oxygen atoms in total. The van der Waals surface area contributed by atoms with Crippen molar-refractivity contribution in [2.45, 2.75) is 50.4 Å². The smallest absolute Gasteiger partial charge is 0.170 e. The number of aryl methyl sites for hydroxylation is 2. The second kappa shape index (κ2) is 7.81. The molecule has 0 saturated carbocycles. The number of carbonyl (C=O) groups excluding carboxylic acids is 1. The molecule has 0 saturated heterocycles. The molecule has 0 fully saturated rings. The molecule has 0 heterocycles. The lowest BCUT2D eigenvalue weighted by molar-refractivity contribution is 0.0946. The van der Waals surface area contributed by atoms with Gasteiger partial charge in [-0.25, -0.2) is 0 Å². The predicted octanol–water partition coefficient (Wildman–Crippen LogP) is 7.44. The summed E-state index contributed by atoms with van der Waals surface area (Å²) >= 11 is 0. The molecule has 3 aliphatic carbocycles. The third kappa shape index (κ3) is 3.18. The molecule has 0 amide bonds. The number of hydrogen-bond donors (Lipinski definition) is 0. The van der Waals surface area contributed by atoms with Gasteiger partial charge in [-0.15, -0.1) is 0 Å². The van der Waals surface area contributed by atoms with E-state index in [1.807, 2.05) is 18.2 Å². The van der Waals surface area contributed by atoms with Gasteiger partial charge < -0.3 is 0 Å². The van der Waals surface area contributed by atoms with Gasteiger partial charge in [0.2, 0.25) is 0 Å². The molecule has 2 atom stereocenters. The van der Waals surface area contributed by atoms with Crippen molar-refractivity contribution in [2.75, 3.05) is 0 Å². The Labute approximate surface area is 201 Å². The van der Waals surface area contributed by atoms with E-state index in [0.717, 1.165) is 31.2 Å². The van der Waals surface area contributed by atoms with Crippen molar-refractivity contribution in [1.29, 1.82) is 0 Å². The Balaban J connectivity index is 1.18. The van der Waals surface area contributed by atoms with Gasteiger partial charge in [-0.1, -0.05) is 84.9 Å². The lowest BCUT2D eigenvalue weighted by atomic mass is 9.78. The third-order valence-corrected chi connectivity index (χ3v) is 8.46. The van der Waals surface area contributed by atoms with Crippen molar-refractivity contribution in [2.24, 2.45) is 0 Å². The normalized spacial score (nSPS) is 20.3. The number of ketones is 1. The number of rotatable bonds is 2. The Morgan fingerprint density at radius 2 is 1.32 bits per heavy atom. The highest BCUT2D eigenvalue weighted by molar-refractivity contribution is 6.03. The van der Waals surface area contributed by atoms with Crippen LogP contribution in [-0.4, -0.2) is 5.78 Å². The SMILES string of the molecule is O=C1c2ccccc2CCC1c1ccc2c(c1)-c1ccc(C3CCc4ccccc4C3)cc1C2. The second-order valence-corrected chi connectivity index (χ2v) is 10.3. The van der Waals surface area contributed by atoms with Crippen LogP contribution in [0.2, 0.25) is 0 Å². The second-order valence-electron chi connectivity index (χ2n) is 10.3. The van der Waals surface area contributed by atoms with E-state index in [2.05, 4.69) is 66.7 Å². The summed E-state index contributed by atoms with van der Waals surface area (Å²) in [6.45, 7) is 0. The van der Waals surface area contributed by atoms with Crippen LogP contribution in [0.5, 0.6) is 0 Å². The zero-order valence-electron chi connectivity index (χ0n) is 19.4. The number of Topliss-reactive ketones (excluding diaryl/α,β-unsaturated/α-hetero) is 1. The minimum Gasteiger partial charge on any atom is -0.293 e. The molecule has 166 valence electrons. The number of fused-ring (bicyclic) bond motifs is 5. The van der Waals surface area contributed by atoms with Crippen LogP contribution in [0.25, 0.3) is 11.1 Å². The van der Waals surface area contributed by atoms with E-state index in [1.165, 1.54) is 62.9 Å². The Morgan fingerprint density at radius 3 is 2.24 bits per heavy atom. The molecule has 0 N–H and O–H groups in total. The van der Waals surface area contributed by atoms with E-state index in [-0.39, 0.29) is 11.7 Å². The summed E-state index contributed by atoms with van der Waals surface area (Å²) in [6.07, 6.45) is 6.46. The standard InChI is InChI=1S/C33H28O/c34-33-30-8-4-3-6-22(30)13-16-31(33)27-12-11-26-19-28-18-25(14-15-29(28)32(26)20-27)24-10-9-21-5-1-2-7-23(21)17-24/h1-8,11-12,14-15,18,20,24,31H,9-10,13,16-17,19H2. The highest BCUT2D eigenvalue weighted by atomic mass is 16.1. The van der Waals surface area contributed by atoms with Crippen molar-refractivity contribution >= 4 is 5.78 Å². The van der Waals surface area contributed by atoms with Crippen molar-refractivity contribution in [1.82, 2.24) is 0 Å². The molecule has 0 radical (unpaired) electrons. The first kappa shape index (κ1) is 20.0. The quantitative estimate of drug-likeness (QED) is 0.279. The van der Waals surface area contributed by atoms with Crippen LogP contribution in [0.15, 0.2) is 84.9 Å². The van der Waals surface area contributed by atoms with E-state index in [9.17, 15) is 4.79 Å². The van der Waals surface area contributed by atoms with Crippen molar-refractivity contribution in [3.63, 3.8) is 0 Å². The van der Waals surface area contributed by atoms with Crippen LogP contribution >= 0.6 is 0 Å². The van der Waals surface area contributed by atoms with Gasteiger partial charge in [0, 0.05) is 11.5 Å². The highest BCUT2D eigenvalue weighted by Gasteiger charge is 2.30. The Morgan fingerprint density at radius 1 is 0.559 bits per heavy atom. The number of benzene rings is 4. The number of carbonyl (C=O) groups is 1. The van der Waals surface area contributed by atoms with Gasteiger partial charge in [0.1, 0.15) is 0 Å². The van der Waals surface area contributed by atoms with E-state index >= 15 is 0 Å². The van der Waals surface area contributed by atoms with Crippen LogP contribution in [0.1, 0.15) is 74.0 Å². The fourth-order valence-electron chi connectivity index (χ4n) is 6.60. The molecule has 7 rings (SSSR count). The fraction of sp³-hybridized carbons (Fsp3) is 0.242. The summed E-state index contributed by atoms with van der Waals surface area (Å²) in [7, 11) is 0. The lowest BCUT2D eigenvalue weighted by Crippen LogP contribution is -2.20. The molecule has 0 aromatic heterocycles. The van der Waals surface area contributed by atoms with Crippen molar-refractivity contribution in [3.8, 4) is 11.1 Å². The van der Waals surface area contributed by atoms with Crippen LogP contribution in [-0.2, 0) is 25.7 Å². The summed E-state index contributed by atoms with van der Waals surface area (Å²) in [5, 5.41) is 0. The molecular formula is C33H28O. The summed E-state index contributed by atoms with van der Waals surface area (Å²) < 4.78 is 0. The Bertz CT molecular complexity index is 1440. The third-order valence-electron chi connectivity index (χ3n) is 8.46. The maximum atomic E-state index is 13.3. The van der Waals surface area contributed by atoms with Crippen molar-refractivity contribution < 1.29 is 4.79 Å². The molecule has 2 unspecified atom stereocenters.